The molecular formula is C19H15FN2O5S. The van der Waals surface area contributed by atoms with Crippen LogP contribution >= 0.6 is 0 Å². The summed E-state index contributed by atoms with van der Waals surface area (Å²) in [6.45, 7) is 0. The monoisotopic (exact) mass is 402 g/mol. The highest BCUT2D eigenvalue weighted by Crippen LogP contribution is 2.33. The third kappa shape index (κ3) is 3.36. The zero-order chi connectivity index (χ0) is 20.1. The summed E-state index contributed by atoms with van der Waals surface area (Å²) in [6.07, 6.45) is 1.53. The largest absolute Gasteiger partial charge is 0.464 e. The van der Waals surface area contributed by atoms with E-state index in [1.54, 1.807) is 18.2 Å². The summed E-state index contributed by atoms with van der Waals surface area (Å²) < 4.78 is 42.8. The van der Waals surface area contributed by atoms with Crippen molar-refractivity contribution in [1.29, 1.82) is 0 Å². The molecule has 0 bridgehead atoms. The summed E-state index contributed by atoms with van der Waals surface area (Å²) in [5.74, 6) is -0.278. The van der Waals surface area contributed by atoms with E-state index in [4.69, 9.17) is 4.42 Å². The number of sulfone groups is 1. The van der Waals surface area contributed by atoms with Crippen molar-refractivity contribution in [2.24, 2.45) is 0 Å². The molecule has 0 unspecified atom stereocenters. The second-order valence-electron chi connectivity index (χ2n) is 6.53. The van der Waals surface area contributed by atoms with E-state index in [1.807, 2.05) is 0 Å². The van der Waals surface area contributed by atoms with Gasteiger partial charge in [-0.1, -0.05) is 6.07 Å². The predicted molar refractivity (Wildman–Crippen MR) is 102 cm³/mol. The number of aromatic nitrogens is 2. The number of halogens is 1. The summed E-state index contributed by atoms with van der Waals surface area (Å²) in [6, 6.07) is 9.14. The molecule has 0 amide bonds. The molecule has 28 heavy (non-hydrogen) atoms. The van der Waals surface area contributed by atoms with Crippen LogP contribution in [0.3, 0.4) is 0 Å². The van der Waals surface area contributed by atoms with Gasteiger partial charge in [-0.05, 0) is 35.9 Å². The molecule has 0 fully saturated rings. The molecule has 0 aliphatic rings. The highest BCUT2D eigenvalue weighted by atomic mass is 32.2. The number of benzene rings is 2. The number of fused-ring (bicyclic) bond motifs is 2. The minimum Gasteiger partial charge on any atom is -0.464 e. The standard InChI is InChI=1S/C19H15FN2O5S/c1-28(25,26)7-6-18-21-15-8-11(2-5-17(15)27-18)14-10-22(19(23)24)16-9-12(20)3-4-13(14)16/h2-5,8-10H,6-7H2,1H3,(H,23,24). The molecule has 0 atom stereocenters. The van der Waals surface area contributed by atoms with Crippen LogP contribution in [0.5, 0.6) is 0 Å². The van der Waals surface area contributed by atoms with Gasteiger partial charge in [0.15, 0.2) is 11.5 Å². The highest BCUT2D eigenvalue weighted by Gasteiger charge is 2.16. The van der Waals surface area contributed by atoms with E-state index in [2.05, 4.69) is 4.98 Å². The first-order chi connectivity index (χ1) is 13.2. The minimum absolute atomic E-state index is 0.0651. The Morgan fingerprint density at radius 2 is 2.04 bits per heavy atom. The van der Waals surface area contributed by atoms with Crippen LogP contribution in [0.15, 0.2) is 47.0 Å². The lowest BCUT2D eigenvalue weighted by molar-refractivity contribution is 0.197. The zero-order valence-corrected chi connectivity index (χ0v) is 15.5. The van der Waals surface area contributed by atoms with E-state index in [1.165, 1.54) is 24.4 Å². The first-order valence-electron chi connectivity index (χ1n) is 8.33. The van der Waals surface area contributed by atoms with E-state index in [0.29, 0.717) is 33.5 Å². The second kappa shape index (κ2) is 6.45. The molecule has 0 saturated heterocycles. The number of hydrogen-bond donors (Lipinski definition) is 1. The molecule has 0 aliphatic heterocycles. The lowest BCUT2D eigenvalue weighted by Crippen LogP contribution is -2.05. The third-order valence-corrected chi connectivity index (χ3v) is 5.35. The Morgan fingerprint density at radius 1 is 1.25 bits per heavy atom. The number of nitrogens with zero attached hydrogens (tertiary/aromatic N) is 2. The van der Waals surface area contributed by atoms with Crippen LogP contribution < -0.4 is 0 Å². The fourth-order valence-electron chi connectivity index (χ4n) is 3.11. The Labute approximate surface area is 158 Å². The van der Waals surface area contributed by atoms with Crippen molar-refractivity contribution in [3.8, 4) is 11.1 Å². The third-order valence-electron chi connectivity index (χ3n) is 4.40. The summed E-state index contributed by atoms with van der Waals surface area (Å²) in [5.41, 5.74) is 2.57. The van der Waals surface area contributed by atoms with Crippen LogP contribution in [0, 0.1) is 5.82 Å². The van der Waals surface area contributed by atoms with E-state index >= 15 is 0 Å². The number of carboxylic acid groups (broad SMARTS) is 1. The minimum atomic E-state index is -3.13. The van der Waals surface area contributed by atoms with Gasteiger partial charge < -0.3 is 9.52 Å². The number of hydrogen-bond acceptors (Lipinski definition) is 5. The topological polar surface area (TPSA) is 102 Å². The quantitative estimate of drug-likeness (QED) is 0.558. The summed E-state index contributed by atoms with van der Waals surface area (Å²) >= 11 is 0. The lowest BCUT2D eigenvalue weighted by Gasteiger charge is -1.99. The molecule has 2 heterocycles. The van der Waals surface area contributed by atoms with Crippen LogP contribution in [0.2, 0.25) is 0 Å². The number of rotatable bonds is 4. The summed E-state index contributed by atoms with van der Waals surface area (Å²) in [4.78, 5) is 15.8. The zero-order valence-electron chi connectivity index (χ0n) is 14.7. The SMILES string of the molecule is CS(=O)(=O)CCc1nc2cc(-c3cn(C(=O)O)c4cc(F)ccc34)ccc2o1. The fourth-order valence-corrected chi connectivity index (χ4v) is 3.66. The van der Waals surface area contributed by atoms with Gasteiger partial charge in [0.05, 0.1) is 11.3 Å². The first-order valence-corrected chi connectivity index (χ1v) is 10.4. The van der Waals surface area contributed by atoms with E-state index in [0.717, 1.165) is 10.8 Å². The summed E-state index contributed by atoms with van der Waals surface area (Å²) in [7, 11) is -3.13. The van der Waals surface area contributed by atoms with Crippen molar-refractivity contribution in [1.82, 2.24) is 9.55 Å². The molecule has 4 rings (SSSR count). The van der Waals surface area contributed by atoms with Gasteiger partial charge in [-0.25, -0.2) is 22.6 Å². The summed E-state index contributed by atoms with van der Waals surface area (Å²) in [5, 5.41) is 9.98. The van der Waals surface area contributed by atoms with Crippen molar-refractivity contribution in [2.45, 2.75) is 6.42 Å². The average Bonchev–Trinajstić information content (AvgIpc) is 3.19. The molecule has 7 nitrogen and oxygen atoms in total. The molecule has 0 saturated carbocycles. The Hall–Kier alpha value is -3.20. The Morgan fingerprint density at radius 3 is 2.75 bits per heavy atom. The fraction of sp³-hybridized carbons (Fsp3) is 0.158. The maximum Gasteiger partial charge on any atom is 0.416 e. The van der Waals surface area contributed by atoms with E-state index in [9.17, 15) is 22.7 Å². The molecule has 2 aromatic heterocycles. The average molecular weight is 402 g/mol. The molecule has 1 N–H and O–H groups in total. The Balaban J connectivity index is 1.80. The van der Waals surface area contributed by atoms with Gasteiger partial charge in [-0.3, -0.25) is 4.57 Å². The van der Waals surface area contributed by atoms with Gasteiger partial charge in [0.25, 0.3) is 0 Å². The highest BCUT2D eigenvalue weighted by molar-refractivity contribution is 7.90. The molecule has 2 aromatic carbocycles. The van der Waals surface area contributed by atoms with Crippen molar-refractivity contribution >= 4 is 37.9 Å². The molecule has 4 aromatic rings. The van der Waals surface area contributed by atoms with Crippen LogP contribution in [-0.4, -0.2) is 41.2 Å². The smallest absolute Gasteiger partial charge is 0.416 e. The van der Waals surface area contributed by atoms with Crippen LogP contribution in [0.25, 0.3) is 33.1 Å². The second-order valence-corrected chi connectivity index (χ2v) is 8.79. The van der Waals surface area contributed by atoms with E-state index in [-0.39, 0.29) is 17.7 Å². The number of carbonyl (C=O) groups is 1. The maximum absolute atomic E-state index is 13.6. The normalized spacial score (nSPS) is 12.1. The number of aryl methyl sites for hydroxylation is 1. The van der Waals surface area contributed by atoms with Crippen LogP contribution in [0.1, 0.15) is 5.89 Å². The number of oxazole rings is 1. The first kappa shape index (κ1) is 18.2. The van der Waals surface area contributed by atoms with Crippen molar-refractivity contribution < 1.29 is 27.1 Å². The Bertz CT molecular complexity index is 1340. The van der Waals surface area contributed by atoms with Gasteiger partial charge in [0.2, 0.25) is 0 Å². The van der Waals surface area contributed by atoms with Gasteiger partial charge >= 0.3 is 6.09 Å². The molecule has 0 aliphatic carbocycles. The van der Waals surface area contributed by atoms with Crippen LogP contribution in [-0.2, 0) is 16.3 Å². The molecule has 0 spiro atoms. The van der Waals surface area contributed by atoms with Gasteiger partial charge in [0, 0.05) is 29.8 Å². The molecular weight excluding hydrogens is 387 g/mol. The van der Waals surface area contributed by atoms with E-state index < -0.39 is 21.7 Å². The molecule has 9 heteroatoms. The predicted octanol–water partition coefficient (Wildman–Crippen LogP) is 3.70. The van der Waals surface area contributed by atoms with Crippen molar-refractivity contribution in [2.75, 3.05) is 12.0 Å². The Kier molecular flexibility index (Phi) is 4.19. The van der Waals surface area contributed by atoms with Gasteiger partial charge in [-0.15, -0.1) is 0 Å². The maximum atomic E-state index is 13.6. The molecule has 0 radical (unpaired) electrons. The van der Waals surface area contributed by atoms with Gasteiger partial charge in [-0.2, -0.15) is 0 Å². The lowest BCUT2D eigenvalue weighted by atomic mass is 10.0. The molecule has 144 valence electrons. The van der Waals surface area contributed by atoms with Gasteiger partial charge in [0.1, 0.15) is 21.2 Å². The van der Waals surface area contributed by atoms with Crippen LogP contribution in [0.4, 0.5) is 9.18 Å². The van der Waals surface area contributed by atoms with Crippen molar-refractivity contribution in [3.63, 3.8) is 0 Å². The van der Waals surface area contributed by atoms with Crippen molar-refractivity contribution in [3.05, 3.63) is 54.3 Å².